The third kappa shape index (κ3) is 23.2. The summed E-state index contributed by atoms with van der Waals surface area (Å²) in [6.07, 6.45) is 9.56. The summed E-state index contributed by atoms with van der Waals surface area (Å²) in [5, 5.41) is 21.1. The van der Waals surface area contributed by atoms with Crippen LogP contribution in [0.2, 0.25) is 0 Å². The van der Waals surface area contributed by atoms with Gasteiger partial charge in [-0.3, -0.25) is 14.4 Å². The molecule has 0 aromatic rings. The first-order chi connectivity index (χ1) is 45.7. The number of fused-ring (bicyclic) bond motifs is 5. The molecule has 546 valence electrons. The smallest absolute Gasteiger partial charge is 0.373 e. The van der Waals surface area contributed by atoms with E-state index in [1.807, 2.05) is 0 Å². The molecular weight excluding hydrogens is 1830 g/mol. The molecule has 98 heavy (non-hydrogen) atoms. The summed E-state index contributed by atoms with van der Waals surface area (Å²) in [6.45, 7) is 24.2. The first-order valence-electron chi connectivity index (χ1n) is 33.1. The average Bonchev–Trinajstić information content (AvgIpc) is 1.54. The van der Waals surface area contributed by atoms with Crippen LogP contribution >= 0.6 is 103 Å². The van der Waals surface area contributed by atoms with Gasteiger partial charge >= 0.3 is 18.3 Å². The molecule has 12 fully saturated rings. The summed E-state index contributed by atoms with van der Waals surface area (Å²) in [5.41, 5.74) is 0. The largest absolute Gasteiger partial charge is 0.469 e. The molecule has 12 heterocycles. The molecule has 30 heteroatoms. The van der Waals surface area contributed by atoms with Crippen molar-refractivity contribution in [1.29, 1.82) is 0 Å². The van der Waals surface area contributed by atoms with E-state index in [9.17, 15) is 24.6 Å². The number of hydrogen-bond donors (Lipinski definition) is 2. The zero-order valence-electron chi connectivity index (χ0n) is 56.1. The van der Waals surface area contributed by atoms with Crippen LogP contribution in [0.5, 0.6) is 0 Å². The van der Waals surface area contributed by atoms with Crippen LogP contribution in [0.3, 0.4) is 0 Å². The van der Waals surface area contributed by atoms with Crippen LogP contribution in [-0.4, -0.2) is 203 Å². The topological polar surface area (TPSA) is 280 Å². The summed E-state index contributed by atoms with van der Waals surface area (Å²) >= 11 is 25.5. The van der Waals surface area contributed by atoms with E-state index in [-0.39, 0.29) is 211 Å². The van der Waals surface area contributed by atoms with Crippen molar-refractivity contribution in [1.82, 2.24) is 0 Å². The maximum Gasteiger partial charge on any atom is 0.373 e. The summed E-state index contributed by atoms with van der Waals surface area (Å²) in [5.74, 6) is 1.92. The summed E-state index contributed by atoms with van der Waals surface area (Å²) in [6, 6.07) is 0. The van der Waals surface area contributed by atoms with Crippen molar-refractivity contribution in [3.05, 3.63) is 43.1 Å². The minimum absolute atomic E-state index is 0. The van der Waals surface area contributed by atoms with Crippen LogP contribution in [-0.2, 0) is 161 Å². The molecule has 22 nitrogen and oxygen atoms in total. The van der Waals surface area contributed by atoms with Crippen molar-refractivity contribution in [2.45, 2.75) is 306 Å². The minimum atomic E-state index is -1.32. The fourth-order valence-corrected chi connectivity index (χ4v) is 18.2. The van der Waals surface area contributed by atoms with Gasteiger partial charge in [-0.15, -0.1) is 41.4 Å². The van der Waals surface area contributed by atoms with Crippen molar-refractivity contribution in [3.8, 4) is 11.8 Å². The maximum absolute atomic E-state index is 12.6. The Bertz CT molecular complexity index is 2830. The third-order valence-electron chi connectivity index (χ3n) is 19.7. The van der Waals surface area contributed by atoms with E-state index < -0.39 is 60.1 Å². The number of rotatable bonds is 25. The molecule has 1 unspecified atom stereocenters. The summed E-state index contributed by atoms with van der Waals surface area (Å²) < 4.78 is 83.8. The van der Waals surface area contributed by atoms with Gasteiger partial charge in [-0.25, -0.2) is 0 Å². The van der Waals surface area contributed by atoms with Gasteiger partial charge in [0.1, 0.15) is 72.9 Å². The molecule has 12 rings (SSSR count). The van der Waals surface area contributed by atoms with Crippen LogP contribution in [0.15, 0.2) is 43.1 Å². The second kappa shape index (κ2) is 41.9. The van der Waals surface area contributed by atoms with Gasteiger partial charge < -0.3 is 71.8 Å². The number of halogens is 6. The van der Waals surface area contributed by atoms with Gasteiger partial charge in [0.05, 0.1) is 81.8 Å². The second-order valence-electron chi connectivity index (χ2n) is 26.3. The molecule has 0 saturated carbocycles. The predicted octanol–water partition coefficient (Wildman–Crippen LogP) is 10.7. The van der Waals surface area contributed by atoms with E-state index in [1.54, 1.807) is 6.08 Å². The van der Waals surface area contributed by atoms with E-state index in [0.29, 0.717) is 70.5 Å². The number of ketones is 2. The van der Waals surface area contributed by atoms with Crippen LogP contribution < -0.4 is 0 Å². The van der Waals surface area contributed by atoms with Gasteiger partial charge in [0.15, 0.2) is 5.79 Å². The van der Waals surface area contributed by atoms with Gasteiger partial charge in [0.2, 0.25) is 17.4 Å². The van der Waals surface area contributed by atoms with Gasteiger partial charge in [0.25, 0.3) is 0 Å². The third-order valence-corrected chi connectivity index (χ3v) is 22.1. The molecule has 8 bridgehead atoms. The van der Waals surface area contributed by atoms with E-state index in [4.69, 9.17) is 116 Å². The fraction of sp³-hybridized carbons (Fsp3) is 0.779. The quantitative estimate of drug-likeness (QED) is 0.0214. The maximum atomic E-state index is 12.6. The molecule has 2 N–H and O–H groups in total. The Balaban J connectivity index is 0.000000300. The van der Waals surface area contributed by atoms with E-state index in [0.717, 1.165) is 62.1 Å². The number of methoxy groups -OCH3 is 1. The number of aliphatic hydroxyl groups is 2. The molecule has 27 atom stereocenters. The minimum Gasteiger partial charge on any atom is -0.469 e. The van der Waals surface area contributed by atoms with Gasteiger partial charge in [-0.1, -0.05) is 59.4 Å². The molecule has 12 saturated heterocycles. The predicted molar refractivity (Wildman–Crippen MR) is 375 cm³/mol. The number of carbonyl (C=O) groups excluding carboxylic acids is 7. The molecule has 0 aromatic heterocycles. The monoisotopic (exact) mass is 1930 g/mol. The zero-order chi connectivity index (χ0) is 70.4. The van der Waals surface area contributed by atoms with Crippen molar-refractivity contribution in [2.24, 2.45) is 11.8 Å². The molecule has 0 spiro atoms. The molecule has 12 aliphatic rings. The van der Waals surface area contributed by atoms with Gasteiger partial charge in [-0.05, 0) is 186 Å². The van der Waals surface area contributed by atoms with Crippen LogP contribution in [0.4, 0.5) is 0 Å². The first-order valence-corrected chi connectivity index (χ1v) is 37.7. The molecular formula is C68H94Cl3I3O22Y2. The van der Waals surface area contributed by atoms with Gasteiger partial charge in [-0.2, -0.15) is 19.2 Å². The van der Waals surface area contributed by atoms with Crippen LogP contribution in [0.25, 0.3) is 0 Å². The molecule has 2 radical (unpaired) electrons. The average molecular weight is 1930 g/mol. The van der Waals surface area contributed by atoms with Crippen LogP contribution in [0.1, 0.15) is 158 Å². The van der Waals surface area contributed by atoms with E-state index in [1.165, 1.54) is 7.11 Å². The Morgan fingerprint density at radius 1 is 0.643 bits per heavy atom. The Labute approximate surface area is 683 Å². The molecule has 0 aliphatic carbocycles. The zero-order valence-corrected chi connectivity index (χ0v) is 70.5. The number of alkyl halides is 3. The second-order valence-corrected chi connectivity index (χ2v) is 32.8. The van der Waals surface area contributed by atoms with Crippen molar-refractivity contribution in [2.75, 3.05) is 13.7 Å². The fourth-order valence-electron chi connectivity index (χ4n) is 14.9. The molecule has 0 aromatic carbocycles. The molecule has 12 aliphatic heterocycles. The number of carbonyl (C=O) groups is 3. The SMILES string of the molecule is C=C(I)C[C@H](Cl)CCC(=O)C#C[C@H](O)[C@@H]1O[C@H]2CC[C@H](CC)O[C@@H]2[C@H](C)[C@@H]1C.C=C(I)C[C@H](Cl)CCC(=O)C[C@]12O[C@@H]3[C@H](O1)[C@@H](O[C@H]1CC[C@H](CC)O[C@H]31)[C@H]2O.C=CCO[C@]12C[C@@]3(CC[C@@H](Cl)CC(=C)I)OC1[C@@H]1O[C@H]4CC[C@H](CC(=O)OC)O[C@@H]4[C@H](O3)[C@@H]1O2.O=C=O.O=C=O.[HH].[Y].[Y]. The number of ether oxygens (including phenoxy) is 13. The number of esters is 1. The number of hydrogen-bond acceptors (Lipinski definition) is 22. The van der Waals surface area contributed by atoms with E-state index >= 15 is 0 Å². The molecule has 0 amide bonds. The first kappa shape index (κ1) is 89.4. The van der Waals surface area contributed by atoms with Crippen molar-refractivity contribution < 1.29 is 172 Å². The Morgan fingerprint density at radius 2 is 1.12 bits per heavy atom. The number of allylic oxidation sites excluding steroid dienone is 3. The Kier molecular flexibility index (Phi) is 38.3. The van der Waals surface area contributed by atoms with Gasteiger partial charge in [0, 0.05) is 102 Å². The summed E-state index contributed by atoms with van der Waals surface area (Å²) in [7, 11) is 1.39. The number of Topliss-reactive ketones (excluding diaryl/α,β-unsaturated/α-hetero) is 2. The van der Waals surface area contributed by atoms with Crippen molar-refractivity contribution >= 4 is 132 Å². The number of aliphatic hydroxyl groups excluding tert-OH is 2. The normalized spacial score (nSPS) is 38.4. The van der Waals surface area contributed by atoms with Crippen molar-refractivity contribution in [3.63, 3.8) is 0 Å². The standard InChI is InChI=1S/C24H32ClIO8.C22H32ClIO4.C20H28ClIO6.2CO2.2Y.H2/c1-4-9-29-24-12-23(8-7-14(25)10-13(2)26)32-19-18-16(6-5-15(30-18)11-17(27)28-3)31-21(20(19)33-24)22(24)34-23;1-5-18-9-11-20-22(27-18)15(4)14(3)21(28-20)19(26)10-8-17(25)7-6-16(23)12-13(2)24;1-3-13-6-7-14-15(25-13)16-17-18(26-14)19(24)20(27-16,28-17)9-12(23)5-4-11(21)8-10(2)22;2*2-1-3;;;/h4,14-16,18-22H,1-2,5-12H2,3H3;14-16,18-22,26H,2,5-7,9,11-12H2,1,3-4H3;11,13-19,24H,2-9H2,1H3;;;;;1H/t14-,15-,16+,18+,19+,20+,21-,22?,23-,24+;14-,15+,16+,18-,19-,20-,21+,22+;11-,13+,14+,15+,16+,17+,18-,19-,20+;;;;;/m101...../s1. The Morgan fingerprint density at radius 3 is 1.66 bits per heavy atom. The Hall–Kier alpha value is 0.798. The van der Waals surface area contributed by atoms with Crippen LogP contribution in [0, 0.1) is 23.7 Å². The summed E-state index contributed by atoms with van der Waals surface area (Å²) in [4.78, 5) is 69.0. The van der Waals surface area contributed by atoms with E-state index in [2.05, 4.69) is 134 Å².